The number of fused-ring (bicyclic) bond motifs is 1. The lowest BCUT2D eigenvalue weighted by atomic mass is 9.76. The van der Waals surface area contributed by atoms with Crippen molar-refractivity contribution in [1.29, 1.82) is 0 Å². The number of benzene rings is 3. The highest BCUT2D eigenvalue weighted by atomic mass is 19.4. The summed E-state index contributed by atoms with van der Waals surface area (Å²) >= 11 is 0. The highest BCUT2D eigenvalue weighted by Crippen LogP contribution is 2.39. The third-order valence-corrected chi connectivity index (χ3v) is 8.16. The Labute approximate surface area is 221 Å². The van der Waals surface area contributed by atoms with Crippen LogP contribution in [-0.2, 0) is 19.0 Å². The van der Waals surface area contributed by atoms with Gasteiger partial charge in [0.2, 0.25) is 0 Å². The van der Waals surface area contributed by atoms with E-state index >= 15 is 4.39 Å². The van der Waals surface area contributed by atoms with Crippen molar-refractivity contribution in [3.05, 3.63) is 82.2 Å². The molecule has 1 aliphatic rings. The fourth-order valence-corrected chi connectivity index (χ4v) is 5.94. The van der Waals surface area contributed by atoms with Gasteiger partial charge in [0, 0.05) is 5.39 Å². The third-order valence-electron chi connectivity index (χ3n) is 8.16. The minimum Gasteiger partial charge on any atom is -0.206 e. The Balaban J connectivity index is 1.37. The number of hydrogen-bond donors (Lipinski definition) is 0. The predicted octanol–water partition coefficient (Wildman–Crippen LogP) is 10.7. The molecule has 206 valence electrons. The molecule has 0 amide bonds. The van der Waals surface area contributed by atoms with Crippen LogP contribution in [0.25, 0.3) is 10.8 Å². The predicted molar refractivity (Wildman–Crippen MR) is 141 cm³/mol. The fourth-order valence-electron chi connectivity index (χ4n) is 5.94. The van der Waals surface area contributed by atoms with Crippen LogP contribution in [0.5, 0.6) is 0 Å². The maximum atomic E-state index is 15.3. The van der Waals surface area contributed by atoms with Crippen LogP contribution in [0.4, 0.5) is 26.3 Å². The molecule has 6 heteroatoms. The molecule has 0 saturated heterocycles. The van der Waals surface area contributed by atoms with Gasteiger partial charge in [0.1, 0.15) is 23.0 Å². The van der Waals surface area contributed by atoms with E-state index in [0.29, 0.717) is 29.0 Å². The van der Waals surface area contributed by atoms with Crippen LogP contribution < -0.4 is 0 Å². The van der Waals surface area contributed by atoms with E-state index in [0.717, 1.165) is 24.1 Å². The van der Waals surface area contributed by atoms with Crippen LogP contribution >= 0.6 is 0 Å². The summed E-state index contributed by atoms with van der Waals surface area (Å²) in [5.74, 6) is -2.39. The quantitative estimate of drug-likeness (QED) is 0.179. The molecular weight excluding hydrogens is 498 g/mol. The molecule has 0 N–H and O–H groups in total. The second-order valence-corrected chi connectivity index (χ2v) is 10.9. The summed E-state index contributed by atoms with van der Waals surface area (Å²) in [7, 11) is 0. The lowest BCUT2D eigenvalue weighted by molar-refractivity contribution is -0.142. The number of hydrogen-bond acceptors (Lipinski definition) is 0. The Morgan fingerprint density at radius 1 is 0.763 bits per heavy atom. The van der Waals surface area contributed by atoms with E-state index in [2.05, 4.69) is 13.0 Å². The number of rotatable bonds is 10. The normalized spacial score (nSPS) is 18.3. The van der Waals surface area contributed by atoms with Crippen molar-refractivity contribution >= 4 is 10.8 Å². The third kappa shape index (κ3) is 6.92. The minimum atomic E-state index is -5.11. The Bertz CT molecular complexity index is 1200. The van der Waals surface area contributed by atoms with Gasteiger partial charge in [-0.2, -0.15) is 13.2 Å². The Morgan fingerprint density at radius 2 is 1.45 bits per heavy atom. The van der Waals surface area contributed by atoms with Gasteiger partial charge in [-0.3, -0.25) is 0 Å². The van der Waals surface area contributed by atoms with E-state index in [9.17, 15) is 22.0 Å². The summed E-state index contributed by atoms with van der Waals surface area (Å²) in [6, 6.07) is 10.8. The van der Waals surface area contributed by atoms with Crippen LogP contribution in [0.1, 0.15) is 99.3 Å². The maximum Gasteiger partial charge on any atom is 0.422 e. The summed E-state index contributed by atoms with van der Waals surface area (Å²) < 4.78 is 81.5. The van der Waals surface area contributed by atoms with Crippen LogP contribution in [0.3, 0.4) is 0 Å². The number of unbranched alkanes of at least 4 members (excludes halogenated alkanes) is 4. The Kier molecular flexibility index (Phi) is 9.43. The molecule has 1 aliphatic carbocycles. The second-order valence-electron chi connectivity index (χ2n) is 10.9. The molecule has 0 radical (unpaired) electrons. The van der Waals surface area contributed by atoms with Crippen molar-refractivity contribution < 1.29 is 26.3 Å². The molecule has 4 rings (SSSR count). The fraction of sp³-hybridized carbons (Fsp3) is 0.500. The molecular formula is C32H36F6. The van der Waals surface area contributed by atoms with Gasteiger partial charge in [0.25, 0.3) is 0 Å². The van der Waals surface area contributed by atoms with Crippen molar-refractivity contribution in [2.45, 2.75) is 96.1 Å². The molecule has 0 unspecified atom stereocenters. The molecule has 0 heterocycles. The standard InChI is InChI=1S/C32H36F6/c1-2-3-4-5-6-7-21-8-11-23(12-9-21)25-16-17-27-26(20-25)15-14-24(31(27)35)13-10-22-18-28(33)30(29(34)19-22)32(36,37)38/h14-21,23H,2-13H2,1H3. The average molecular weight is 535 g/mol. The summed E-state index contributed by atoms with van der Waals surface area (Å²) in [4.78, 5) is 0. The summed E-state index contributed by atoms with van der Waals surface area (Å²) in [5.41, 5.74) is -0.239. The maximum absolute atomic E-state index is 15.3. The average Bonchev–Trinajstić information content (AvgIpc) is 2.87. The Hall–Kier alpha value is -2.50. The highest BCUT2D eigenvalue weighted by Gasteiger charge is 2.37. The molecule has 0 bridgehead atoms. The molecule has 3 aromatic carbocycles. The number of aryl methyl sites for hydroxylation is 2. The lowest BCUT2D eigenvalue weighted by Gasteiger charge is -2.29. The number of halogens is 6. The van der Waals surface area contributed by atoms with Crippen molar-refractivity contribution in [1.82, 2.24) is 0 Å². The summed E-state index contributed by atoms with van der Waals surface area (Å²) in [6.07, 6.45) is 7.78. The van der Waals surface area contributed by atoms with E-state index in [4.69, 9.17) is 0 Å². The highest BCUT2D eigenvalue weighted by molar-refractivity contribution is 5.84. The molecule has 0 nitrogen and oxygen atoms in total. The molecule has 1 saturated carbocycles. The van der Waals surface area contributed by atoms with Crippen molar-refractivity contribution in [3.8, 4) is 0 Å². The molecule has 0 aromatic heterocycles. The van der Waals surface area contributed by atoms with Crippen molar-refractivity contribution in [3.63, 3.8) is 0 Å². The van der Waals surface area contributed by atoms with Crippen LogP contribution in [0.2, 0.25) is 0 Å². The van der Waals surface area contributed by atoms with Crippen LogP contribution in [-0.4, -0.2) is 0 Å². The summed E-state index contributed by atoms with van der Waals surface area (Å²) in [6.45, 7) is 2.24. The monoisotopic (exact) mass is 534 g/mol. The number of alkyl halides is 3. The van der Waals surface area contributed by atoms with Gasteiger partial charge in [-0.1, -0.05) is 75.8 Å². The first-order valence-corrected chi connectivity index (χ1v) is 13.9. The SMILES string of the molecule is CCCCCCCC1CCC(c2ccc3c(F)c(CCc4cc(F)c(C(F)(F)F)c(F)c4)ccc3c2)CC1. The van der Waals surface area contributed by atoms with Crippen LogP contribution in [0.15, 0.2) is 42.5 Å². The van der Waals surface area contributed by atoms with E-state index in [-0.39, 0.29) is 18.4 Å². The molecule has 0 spiro atoms. The summed E-state index contributed by atoms with van der Waals surface area (Å²) in [5, 5.41) is 1.30. The van der Waals surface area contributed by atoms with E-state index in [1.165, 1.54) is 56.9 Å². The largest absolute Gasteiger partial charge is 0.422 e. The molecule has 0 atom stereocenters. The van der Waals surface area contributed by atoms with Crippen molar-refractivity contribution in [2.24, 2.45) is 5.92 Å². The zero-order valence-corrected chi connectivity index (χ0v) is 21.9. The van der Waals surface area contributed by atoms with Gasteiger partial charge < -0.3 is 0 Å². The van der Waals surface area contributed by atoms with Gasteiger partial charge >= 0.3 is 6.18 Å². The zero-order valence-electron chi connectivity index (χ0n) is 21.9. The lowest BCUT2D eigenvalue weighted by Crippen LogP contribution is -2.13. The molecule has 38 heavy (non-hydrogen) atoms. The van der Waals surface area contributed by atoms with Gasteiger partial charge in [0.05, 0.1) is 0 Å². The minimum absolute atomic E-state index is 0.0222. The van der Waals surface area contributed by atoms with E-state index in [1.807, 2.05) is 12.1 Å². The van der Waals surface area contributed by atoms with Gasteiger partial charge in [0.15, 0.2) is 0 Å². The topological polar surface area (TPSA) is 0 Å². The second kappa shape index (κ2) is 12.6. The molecule has 0 aliphatic heterocycles. The first kappa shape index (κ1) is 28.5. The van der Waals surface area contributed by atoms with E-state index < -0.39 is 29.2 Å². The van der Waals surface area contributed by atoms with Crippen molar-refractivity contribution in [2.75, 3.05) is 0 Å². The first-order chi connectivity index (χ1) is 18.2. The molecule has 3 aromatic rings. The first-order valence-electron chi connectivity index (χ1n) is 13.9. The zero-order chi connectivity index (χ0) is 27.3. The van der Waals surface area contributed by atoms with E-state index in [1.54, 1.807) is 12.1 Å². The van der Waals surface area contributed by atoms with Gasteiger partial charge in [-0.05, 0) is 84.6 Å². The van der Waals surface area contributed by atoms with Crippen LogP contribution in [0, 0.1) is 23.4 Å². The Morgan fingerprint density at radius 3 is 2.11 bits per heavy atom. The smallest absolute Gasteiger partial charge is 0.206 e. The van der Waals surface area contributed by atoms with Gasteiger partial charge in [-0.15, -0.1) is 0 Å². The molecule has 1 fully saturated rings. The van der Waals surface area contributed by atoms with Gasteiger partial charge in [-0.25, -0.2) is 13.2 Å².